The van der Waals surface area contributed by atoms with Crippen LogP contribution in [0.15, 0.2) is 29.1 Å². The molecule has 0 N–H and O–H groups in total. The highest BCUT2D eigenvalue weighted by Gasteiger charge is 2.25. The molecule has 0 amide bonds. The molecule has 3 heterocycles. The van der Waals surface area contributed by atoms with Crippen LogP contribution in [0.2, 0.25) is 5.02 Å². The summed E-state index contributed by atoms with van der Waals surface area (Å²) in [5.74, 6) is 0.745. The Morgan fingerprint density at radius 3 is 2.66 bits per heavy atom. The molecule has 0 unspecified atom stereocenters. The van der Waals surface area contributed by atoms with Gasteiger partial charge in [-0.3, -0.25) is 4.79 Å². The Morgan fingerprint density at radius 2 is 1.86 bits per heavy atom. The minimum Gasteiger partial charge on any atom is -0.339 e. The molecule has 1 aliphatic carbocycles. The van der Waals surface area contributed by atoms with Gasteiger partial charge in [-0.15, -0.1) is 11.3 Å². The van der Waals surface area contributed by atoms with Crippen molar-refractivity contribution in [3.63, 3.8) is 0 Å². The molecule has 0 spiro atoms. The zero-order valence-corrected chi connectivity index (χ0v) is 18.2. The van der Waals surface area contributed by atoms with Crippen molar-refractivity contribution in [2.75, 3.05) is 38.1 Å². The van der Waals surface area contributed by atoms with Crippen LogP contribution in [0.1, 0.15) is 29.7 Å². The van der Waals surface area contributed by atoms with Gasteiger partial charge >= 0.3 is 0 Å². The zero-order chi connectivity index (χ0) is 20.0. The molecule has 1 saturated heterocycles. The number of anilines is 1. The van der Waals surface area contributed by atoms with E-state index in [-0.39, 0.29) is 5.56 Å². The first kappa shape index (κ1) is 19.1. The van der Waals surface area contributed by atoms with Crippen molar-refractivity contribution in [2.24, 2.45) is 0 Å². The normalized spacial score (nSPS) is 18.1. The molecule has 7 heteroatoms. The second-order valence-electron chi connectivity index (χ2n) is 8.07. The Bertz CT molecular complexity index is 1110. The van der Waals surface area contributed by atoms with Gasteiger partial charge in [0, 0.05) is 36.1 Å². The Balaban J connectivity index is 1.76. The minimum absolute atomic E-state index is 0.0468. The standard InChI is InChI=1S/C22H25ClN4OS/c1-25-10-12-26(13-11-25)22-24-20-19(17-8-3-2-4-9-18(17)29-20)21(28)27(22)16-7-5-6-15(23)14-16/h5-7,14H,2-4,8-13H2,1H3. The smallest absolute Gasteiger partial charge is 0.268 e. The molecule has 29 heavy (non-hydrogen) atoms. The summed E-state index contributed by atoms with van der Waals surface area (Å²) in [7, 11) is 2.13. The lowest BCUT2D eigenvalue weighted by Gasteiger charge is -2.34. The highest BCUT2D eigenvalue weighted by Crippen LogP contribution is 2.34. The summed E-state index contributed by atoms with van der Waals surface area (Å²) >= 11 is 8.01. The van der Waals surface area contributed by atoms with E-state index >= 15 is 0 Å². The van der Waals surface area contributed by atoms with E-state index in [0.29, 0.717) is 5.02 Å². The van der Waals surface area contributed by atoms with Crippen LogP contribution >= 0.6 is 22.9 Å². The van der Waals surface area contributed by atoms with Gasteiger partial charge in [-0.1, -0.05) is 24.1 Å². The summed E-state index contributed by atoms with van der Waals surface area (Å²) in [6.45, 7) is 3.65. The number of likely N-dealkylation sites (N-methyl/N-ethyl adjacent to an activating group) is 1. The fourth-order valence-corrected chi connectivity index (χ4v) is 5.87. The maximum absolute atomic E-state index is 13.9. The van der Waals surface area contributed by atoms with E-state index in [1.54, 1.807) is 15.9 Å². The molecular formula is C22H25ClN4OS. The first-order chi connectivity index (χ1) is 14.1. The van der Waals surface area contributed by atoms with Crippen LogP contribution in [0, 0.1) is 0 Å². The topological polar surface area (TPSA) is 41.4 Å². The molecule has 3 aromatic rings. The molecular weight excluding hydrogens is 404 g/mol. The molecule has 5 nitrogen and oxygen atoms in total. The molecule has 1 aromatic carbocycles. The molecule has 0 saturated carbocycles. The van der Waals surface area contributed by atoms with Gasteiger partial charge in [-0.05, 0) is 56.5 Å². The second-order valence-corrected chi connectivity index (χ2v) is 9.59. The highest BCUT2D eigenvalue weighted by molar-refractivity contribution is 7.18. The average Bonchev–Trinajstić information content (AvgIpc) is 2.90. The highest BCUT2D eigenvalue weighted by atomic mass is 35.5. The van der Waals surface area contributed by atoms with Crippen LogP contribution in [-0.2, 0) is 12.8 Å². The first-order valence-electron chi connectivity index (χ1n) is 10.4. The summed E-state index contributed by atoms with van der Waals surface area (Å²) in [5, 5.41) is 1.45. The quantitative estimate of drug-likeness (QED) is 0.576. The van der Waals surface area contributed by atoms with E-state index in [2.05, 4.69) is 16.8 Å². The summed E-state index contributed by atoms with van der Waals surface area (Å²) in [5.41, 5.74) is 2.07. The van der Waals surface area contributed by atoms with Gasteiger partial charge in [-0.2, -0.15) is 0 Å². The Morgan fingerprint density at radius 1 is 1.07 bits per heavy atom. The Labute approximate surface area is 179 Å². The van der Waals surface area contributed by atoms with Crippen LogP contribution in [0.25, 0.3) is 15.9 Å². The molecule has 2 aromatic heterocycles. The van der Waals surface area contributed by atoms with Gasteiger partial charge in [-0.25, -0.2) is 9.55 Å². The fraction of sp³-hybridized carbons (Fsp3) is 0.455. The minimum atomic E-state index is 0.0468. The summed E-state index contributed by atoms with van der Waals surface area (Å²) < 4.78 is 1.79. The van der Waals surface area contributed by atoms with Gasteiger partial charge in [0.15, 0.2) is 0 Å². The number of hydrogen-bond donors (Lipinski definition) is 0. The van der Waals surface area contributed by atoms with E-state index in [9.17, 15) is 4.79 Å². The molecule has 1 fully saturated rings. The van der Waals surface area contributed by atoms with Crippen molar-refractivity contribution in [1.29, 1.82) is 0 Å². The Hall–Kier alpha value is -1.89. The van der Waals surface area contributed by atoms with E-state index < -0.39 is 0 Å². The van der Waals surface area contributed by atoms with Crippen LogP contribution in [0.4, 0.5) is 5.95 Å². The number of aryl methyl sites for hydroxylation is 2. The van der Waals surface area contributed by atoms with E-state index in [4.69, 9.17) is 16.6 Å². The molecule has 5 rings (SSSR count). The third-order valence-corrected chi connectivity index (χ3v) is 7.49. The van der Waals surface area contributed by atoms with Crippen molar-refractivity contribution in [1.82, 2.24) is 14.5 Å². The number of thiophene rings is 1. The maximum atomic E-state index is 13.9. The molecule has 0 bridgehead atoms. The Kier molecular flexibility index (Phi) is 5.10. The second kappa shape index (κ2) is 7.74. The number of aromatic nitrogens is 2. The first-order valence-corrected chi connectivity index (χ1v) is 11.6. The number of rotatable bonds is 2. The van der Waals surface area contributed by atoms with Crippen LogP contribution in [0.3, 0.4) is 0 Å². The molecule has 1 aliphatic heterocycles. The van der Waals surface area contributed by atoms with Crippen molar-refractivity contribution in [3.05, 3.63) is 50.1 Å². The van der Waals surface area contributed by atoms with Crippen LogP contribution < -0.4 is 10.5 Å². The lowest BCUT2D eigenvalue weighted by Crippen LogP contribution is -2.46. The largest absolute Gasteiger partial charge is 0.339 e. The van der Waals surface area contributed by atoms with Gasteiger partial charge in [0.05, 0.1) is 11.1 Å². The average molecular weight is 429 g/mol. The van der Waals surface area contributed by atoms with Crippen LogP contribution in [-0.4, -0.2) is 47.7 Å². The fourth-order valence-electron chi connectivity index (χ4n) is 4.44. The number of fused-ring (bicyclic) bond motifs is 3. The van der Waals surface area contributed by atoms with Gasteiger partial charge in [0.25, 0.3) is 5.56 Å². The number of hydrogen-bond acceptors (Lipinski definition) is 5. The number of piperazine rings is 1. The van der Waals surface area contributed by atoms with E-state index in [0.717, 1.165) is 67.3 Å². The number of halogens is 1. The van der Waals surface area contributed by atoms with Gasteiger partial charge in [0.2, 0.25) is 5.95 Å². The van der Waals surface area contributed by atoms with Crippen molar-refractivity contribution >= 4 is 39.1 Å². The van der Waals surface area contributed by atoms with E-state index in [1.165, 1.54) is 23.3 Å². The molecule has 0 radical (unpaired) electrons. The predicted molar refractivity (Wildman–Crippen MR) is 121 cm³/mol. The van der Waals surface area contributed by atoms with Gasteiger partial charge in [0.1, 0.15) is 4.83 Å². The molecule has 0 atom stereocenters. The molecule has 152 valence electrons. The lowest BCUT2D eigenvalue weighted by molar-refractivity contribution is 0.310. The summed E-state index contributed by atoms with van der Waals surface area (Å²) in [6.07, 6.45) is 5.63. The third kappa shape index (κ3) is 3.47. The lowest BCUT2D eigenvalue weighted by atomic mass is 10.1. The summed E-state index contributed by atoms with van der Waals surface area (Å²) in [6, 6.07) is 7.55. The third-order valence-electron chi connectivity index (χ3n) is 6.07. The number of benzene rings is 1. The van der Waals surface area contributed by atoms with Crippen molar-refractivity contribution < 1.29 is 0 Å². The predicted octanol–water partition coefficient (Wildman–Crippen LogP) is 4.12. The van der Waals surface area contributed by atoms with Gasteiger partial charge < -0.3 is 9.80 Å². The van der Waals surface area contributed by atoms with Crippen LogP contribution in [0.5, 0.6) is 0 Å². The molecule has 2 aliphatic rings. The van der Waals surface area contributed by atoms with E-state index in [1.807, 2.05) is 24.3 Å². The summed E-state index contributed by atoms with van der Waals surface area (Å²) in [4.78, 5) is 25.7. The number of nitrogens with zero attached hydrogens (tertiary/aromatic N) is 4. The monoisotopic (exact) mass is 428 g/mol. The maximum Gasteiger partial charge on any atom is 0.268 e. The SMILES string of the molecule is CN1CCN(c2nc3sc4c(c3c(=O)n2-c2cccc(Cl)c2)CCCCC4)CC1. The van der Waals surface area contributed by atoms with Crippen molar-refractivity contribution in [2.45, 2.75) is 32.1 Å². The van der Waals surface area contributed by atoms with Crippen molar-refractivity contribution in [3.8, 4) is 5.69 Å². The zero-order valence-electron chi connectivity index (χ0n) is 16.7.